The summed E-state index contributed by atoms with van der Waals surface area (Å²) < 4.78 is 24.7. The van der Waals surface area contributed by atoms with Crippen molar-refractivity contribution >= 4 is 31.6 Å². The molecular weight excluding hydrogens is 344 g/mol. The summed E-state index contributed by atoms with van der Waals surface area (Å²) in [6, 6.07) is 19.1. The van der Waals surface area contributed by atoms with Gasteiger partial charge in [0.2, 0.25) is 0 Å². The lowest BCUT2D eigenvalue weighted by Crippen LogP contribution is -2.08. The number of hydrogen-bond donors (Lipinski definition) is 0. The quantitative estimate of drug-likeness (QED) is 0.511. The molecule has 130 valence electrons. The smallest absolute Gasteiger partial charge is 0.178 e. The minimum absolute atomic E-state index is 0.0870. The summed E-state index contributed by atoms with van der Waals surface area (Å²) in [6.45, 7) is 1.66. The monoisotopic (exact) mass is 362 g/mol. The van der Waals surface area contributed by atoms with Gasteiger partial charge < -0.3 is 0 Å². The first-order valence-corrected chi connectivity index (χ1v) is 10.2. The van der Waals surface area contributed by atoms with Crippen molar-refractivity contribution in [3.8, 4) is 0 Å². The van der Waals surface area contributed by atoms with Crippen molar-refractivity contribution in [2.45, 2.75) is 18.2 Å². The van der Waals surface area contributed by atoms with Crippen LogP contribution >= 0.6 is 0 Å². The van der Waals surface area contributed by atoms with Crippen LogP contribution in [-0.4, -0.2) is 24.1 Å². The number of hydrogen-bond acceptors (Lipinski definition) is 4. The van der Waals surface area contributed by atoms with Crippen molar-refractivity contribution in [3.05, 3.63) is 78.1 Å². The van der Waals surface area contributed by atoms with E-state index in [-0.39, 0.29) is 5.75 Å². The number of sulfone groups is 1. The van der Waals surface area contributed by atoms with Gasteiger partial charge in [-0.15, -0.1) is 0 Å². The topological polar surface area (TPSA) is 59.9 Å². The zero-order valence-electron chi connectivity index (χ0n) is 14.4. The molecule has 0 radical (unpaired) electrons. The first kappa shape index (κ1) is 16.7. The van der Waals surface area contributed by atoms with E-state index >= 15 is 0 Å². The highest BCUT2D eigenvalue weighted by molar-refractivity contribution is 7.91. The zero-order valence-corrected chi connectivity index (χ0v) is 15.2. The summed E-state index contributed by atoms with van der Waals surface area (Å²) in [5, 5.41) is 2.06. The van der Waals surface area contributed by atoms with Crippen molar-refractivity contribution in [2.24, 2.45) is 0 Å². The molecule has 0 spiro atoms. The molecule has 0 unspecified atom stereocenters. The van der Waals surface area contributed by atoms with E-state index < -0.39 is 9.84 Å². The molecule has 0 saturated heterocycles. The van der Waals surface area contributed by atoms with Crippen LogP contribution in [0.15, 0.2) is 71.8 Å². The Labute approximate surface area is 152 Å². The molecule has 0 fully saturated rings. The third kappa shape index (κ3) is 2.95. The summed E-state index contributed by atoms with van der Waals surface area (Å²) in [6.07, 6.45) is 2.23. The molecular formula is C21H18N2O2S. The number of benzene rings is 2. The van der Waals surface area contributed by atoms with Crippen molar-refractivity contribution in [1.29, 1.82) is 0 Å². The molecule has 0 aliphatic carbocycles. The summed E-state index contributed by atoms with van der Waals surface area (Å²) in [5.41, 5.74) is 3.31. The molecule has 2 aromatic heterocycles. The van der Waals surface area contributed by atoms with Gasteiger partial charge in [-0.1, -0.05) is 49.4 Å². The maximum atomic E-state index is 12.4. The number of fused-ring (bicyclic) bond motifs is 3. The van der Waals surface area contributed by atoms with Gasteiger partial charge in [0.15, 0.2) is 9.84 Å². The molecule has 0 amide bonds. The van der Waals surface area contributed by atoms with E-state index in [0.29, 0.717) is 11.3 Å². The molecule has 26 heavy (non-hydrogen) atoms. The first-order chi connectivity index (χ1) is 12.6. The summed E-state index contributed by atoms with van der Waals surface area (Å²) in [4.78, 5) is 9.65. The molecule has 2 heterocycles. The molecule has 0 saturated carbocycles. The van der Waals surface area contributed by atoms with Gasteiger partial charge in [0, 0.05) is 29.1 Å². The van der Waals surface area contributed by atoms with Crippen molar-refractivity contribution in [1.82, 2.24) is 9.97 Å². The molecule has 0 bridgehead atoms. The van der Waals surface area contributed by atoms with Crippen LogP contribution in [0.2, 0.25) is 0 Å². The van der Waals surface area contributed by atoms with Crippen LogP contribution in [0.1, 0.15) is 18.2 Å². The SMILES string of the molecule is CCS(=O)(=O)c1ccccc1Cc1ccc2ccc3cccnc3c2n1. The first-order valence-electron chi connectivity index (χ1n) is 8.52. The van der Waals surface area contributed by atoms with Gasteiger partial charge in [0.05, 0.1) is 21.7 Å². The second-order valence-corrected chi connectivity index (χ2v) is 8.45. The number of nitrogens with zero attached hydrogens (tertiary/aromatic N) is 2. The van der Waals surface area contributed by atoms with Crippen molar-refractivity contribution in [2.75, 3.05) is 5.75 Å². The second kappa shape index (κ2) is 6.50. The van der Waals surface area contributed by atoms with E-state index in [1.54, 1.807) is 25.3 Å². The molecule has 4 rings (SSSR count). The van der Waals surface area contributed by atoms with E-state index in [2.05, 4.69) is 4.98 Å². The maximum absolute atomic E-state index is 12.4. The minimum Gasteiger partial charge on any atom is -0.254 e. The highest BCUT2D eigenvalue weighted by Crippen LogP contribution is 2.24. The molecule has 4 aromatic rings. The third-order valence-corrected chi connectivity index (χ3v) is 6.38. The van der Waals surface area contributed by atoms with E-state index in [9.17, 15) is 8.42 Å². The number of aromatic nitrogens is 2. The van der Waals surface area contributed by atoms with E-state index in [0.717, 1.165) is 33.1 Å². The van der Waals surface area contributed by atoms with Crippen LogP contribution in [0.25, 0.3) is 21.8 Å². The maximum Gasteiger partial charge on any atom is 0.178 e. The molecule has 0 N–H and O–H groups in total. The molecule has 5 heteroatoms. The Morgan fingerprint density at radius 1 is 0.846 bits per heavy atom. The Kier molecular flexibility index (Phi) is 4.17. The highest BCUT2D eigenvalue weighted by atomic mass is 32.2. The Balaban J connectivity index is 1.83. The Morgan fingerprint density at radius 2 is 1.58 bits per heavy atom. The lowest BCUT2D eigenvalue weighted by Gasteiger charge is -2.10. The molecule has 0 atom stereocenters. The fourth-order valence-corrected chi connectivity index (χ4v) is 4.30. The predicted octanol–water partition coefficient (Wildman–Crippen LogP) is 4.17. The van der Waals surface area contributed by atoms with E-state index in [4.69, 9.17) is 4.98 Å². The van der Waals surface area contributed by atoms with Gasteiger partial charge in [0.25, 0.3) is 0 Å². The van der Waals surface area contributed by atoms with Crippen LogP contribution in [0.5, 0.6) is 0 Å². The normalized spacial score (nSPS) is 11.9. The van der Waals surface area contributed by atoms with Crippen molar-refractivity contribution in [3.63, 3.8) is 0 Å². The fraction of sp³-hybridized carbons (Fsp3) is 0.143. The molecule has 0 aliphatic rings. The summed E-state index contributed by atoms with van der Waals surface area (Å²) in [5.74, 6) is 0.0870. The largest absolute Gasteiger partial charge is 0.254 e. The van der Waals surface area contributed by atoms with Crippen LogP contribution in [0, 0.1) is 0 Å². The average Bonchev–Trinajstić information content (AvgIpc) is 2.68. The van der Waals surface area contributed by atoms with Gasteiger partial charge in [-0.2, -0.15) is 0 Å². The summed E-state index contributed by atoms with van der Waals surface area (Å²) in [7, 11) is -3.27. The third-order valence-electron chi connectivity index (χ3n) is 4.55. The van der Waals surface area contributed by atoms with Crippen LogP contribution in [0.3, 0.4) is 0 Å². The number of pyridine rings is 2. The van der Waals surface area contributed by atoms with E-state index in [1.165, 1.54) is 0 Å². The average molecular weight is 362 g/mol. The Bertz CT molecular complexity index is 1220. The Morgan fingerprint density at radius 3 is 2.38 bits per heavy atom. The van der Waals surface area contributed by atoms with Gasteiger partial charge in [0.1, 0.15) is 0 Å². The predicted molar refractivity (Wildman–Crippen MR) is 104 cm³/mol. The van der Waals surface area contributed by atoms with Crippen LogP contribution in [-0.2, 0) is 16.3 Å². The minimum atomic E-state index is -3.27. The fourth-order valence-electron chi connectivity index (χ4n) is 3.17. The number of rotatable bonds is 4. The molecule has 0 aliphatic heterocycles. The van der Waals surface area contributed by atoms with Crippen LogP contribution in [0.4, 0.5) is 0 Å². The van der Waals surface area contributed by atoms with Gasteiger partial charge in [-0.25, -0.2) is 8.42 Å². The second-order valence-electron chi connectivity index (χ2n) is 6.20. The Hall–Kier alpha value is -2.79. The van der Waals surface area contributed by atoms with Gasteiger partial charge in [-0.05, 0) is 23.8 Å². The van der Waals surface area contributed by atoms with E-state index in [1.807, 2.05) is 48.5 Å². The zero-order chi connectivity index (χ0) is 18.1. The van der Waals surface area contributed by atoms with Crippen molar-refractivity contribution < 1.29 is 8.42 Å². The van der Waals surface area contributed by atoms with Gasteiger partial charge in [-0.3, -0.25) is 9.97 Å². The highest BCUT2D eigenvalue weighted by Gasteiger charge is 2.16. The van der Waals surface area contributed by atoms with Gasteiger partial charge >= 0.3 is 0 Å². The molecule has 2 aromatic carbocycles. The van der Waals surface area contributed by atoms with Crippen LogP contribution < -0.4 is 0 Å². The summed E-state index contributed by atoms with van der Waals surface area (Å²) >= 11 is 0. The lowest BCUT2D eigenvalue weighted by atomic mass is 10.1. The molecule has 4 nitrogen and oxygen atoms in total. The standard InChI is InChI=1S/C21H18N2O2S/c1-2-26(24,25)19-8-4-3-6-17(19)14-18-12-11-16-10-9-15-7-5-13-22-20(15)21(16)23-18/h3-13H,2,14H2,1H3. The lowest BCUT2D eigenvalue weighted by molar-refractivity contribution is 0.596.